The van der Waals surface area contributed by atoms with Crippen LogP contribution < -0.4 is 0 Å². The molecular weight excluding hydrogens is 264 g/mol. The van der Waals surface area contributed by atoms with Crippen LogP contribution in [0.4, 0.5) is 0 Å². The van der Waals surface area contributed by atoms with Gasteiger partial charge in [-0.1, -0.05) is 32.4 Å². The van der Waals surface area contributed by atoms with Crippen LogP contribution in [0.3, 0.4) is 0 Å². The third kappa shape index (κ3) is 4.29. The first-order valence-electron chi connectivity index (χ1n) is 7.96. The minimum absolute atomic E-state index is 0.387. The first kappa shape index (κ1) is 16.0. The number of ether oxygens (including phenoxy) is 1. The van der Waals surface area contributed by atoms with Gasteiger partial charge in [0.15, 0.2) is 0 Å². The van der Waals surface area contributed by atoms with Gasteiger partial charge in [-0.3, -0.25) is 0 Å². The quantitative estimate of drug-likeness (QED) is 0.722. The predicted molar refractivity (Wildman–Crippen MR) is 85.5 cm³/mol. The van der Waals surface area contributed by atoms with Crippen molar-refractivity contribution < 1.29 is 9.84 Å². The normalized spacial score (nSPS) is 12.9. The van der Waals surface area contributed by atoms with Crippen LogP contribution in [0.2, 0.25) is 0 Å². The summed E-state index contributed by atoms with van der Waals surface area (Å²) in [6.07, 6.45) is 3.64. The molecule has 1 aromatic carbocycles. The van der Waals surface area contributed by atoms with Crippen LogP contribution in [0.25, 0.3) is 11.0 Å². The van der Waals surface area contributed by atoms with Gasteiger partial charge in [-0.25, -0.2) is 4.98 Å². The molecule has 0 spiro atoms. The zero-order valence-electron chi connectivity index (χ0n) is 13.1. The van der Waals surface area contributed by atoms with E-state index in [9.17, 15) is 5.11 Å². The van der Waals surface area contributed by atoms with Crippen molar-refractivity contribution in [2.45, 2.75) is 52.2 Å². The SMILES string of the molecule is CCCCOCC(O)Cn1c(CCC)nc2ccccc21. The Hall–Kier alpha value is -1.39. The van der Waals surface area contributed by atoms with Gasteiger partial charge in [0.05, 0.1) is 30.3 Å². The molecule has 1 N–H and O–H groups in total. The third-order valence-electron chi connectivity index (χ3n) is 3.55. The molecule has 0 saturated heterocycles. The molecule has 21 heavy (non-hydrogen) atoms. The average Bonchev–Trinajstić information content (AvgIpc) is 2.82. The molecule has 1 heterocycles. The molecule has 1 aromatic heterocycles. The predicted octanol–water partition coefficient (Wildman–Crippen LogP) is 3.17. The van der Waals surface area contributed by atoms with Gasteiger partial charge in [-0.05, 0) is 25.0 Å². The van der Waals surface area contributed by atoms with Crippen molar-refractivity contribution in [1.29, 1.82) is 0 Å². The summed E-state index contributed by atoms with van der Waals surface area (Å²) >= 11 is 0. The minimum atomic E-state index is -0.491. The zero-order valence-corrected chi connectivity index (χ0v) is 13.1. The first-order chi connectivity index (χ1) is 10.3. The molecule has 116 valence electrons. The van der Waals surface area contributed by atoms with E-state index in [0.717, 1.165) is 49.1 Å². The number of hydrogen-bond acceptors (Lipinski definition) is 3. The average molecular weight is 290 g/mol. The number of aliphatic hydroxyl groups excluding tert-OH is 1. The van der Waals surface area contributed by atoms with Gasteiger partial charge in [-0.15, -0.1) is 0 Å². The van der Waals surface area contributed by atoms with Crippen LogP contribution in [0.15, 0.2) is 24.3 Å². The van der Waals surface area contributed by atoms with Crippen molar-refractivity contribution in [1.82, 2.24) is 9.55 Å². The van der Waals surface area contributed by atoms with Crippen molar-refractivity contribution >= 4 is 11.0 Å². The van der Waals surface area contributed by atoms with E-state index in [4.69, 9.17) is 4.74 Å². The summed E-state index contributed by atoms with van der Waals surface area (Å²) in [5.41, 5.74) is 2.09. The smallest absolute Gasteiger partial charge is 0.109 e. The molecule has 0 radical (unpaired) electrons. The number of nitrogens with zero attached hydrogens (tertiary/aromatic N) is 2. The number of benzene rings is 1. The molecule has 2 rings (SSSR count). The molecular formula is C17H26N2O2. The van der Waals surface area contributed by atoms with Crippen LogP contribution in [0.5, 0.6) is 0 Å². The lowest BCUT2D eigenvalue weighted by atomic mass is 10.3. The molecule has 0 aliphatic carbocycles. The van der Waals surface area contributed by atoms with Crippen LogP contribution in [0, 0.1) is 0 Å². The molecule has 4 heteroatoms. The Morgan fingerprint density at radius 1 is 1.24 bits per heavy atom. The molecule has 0 bridgehead atoms. The van der Waals surface area contributed by atoms with E-state index in [-0.39, 0.29) is 0 Å². The maximum absolute atomic E-state index is 10.2. The van der Waals surface area contributed by atoms with Crippen molar-refractivity contribution in [2.75, 3.05) is 13.2 Å². The highest BCUT2D eigenvalue weighted by molar-refractivity contribution is 5.75. The summed E-state index contributed by atoms with van der Waals surface area (Å²) in [6, 6.07) is 8.10. The maximum Gasteiger partial charge on any atom is 0.109 e. The van der Waals surface area contributed by atoms with E-state index in [1.165, 1.54) is 0 Å². The summed E-state index contributed by atoms with van der Waals surface area (Å²) in [6.45, 7) is 5.93. The number of aromatic nitrogens is 2. The first-order valence-corrected chi connectivity index (χ1v) is 7.96. The number of fused-ring (bicyclic) bond motifs is 1. The Bertz CT molecular complexity index is 551. The number of aryl methyl sites for hydroxylation is 1. The summed E-state index contributed by atoms with van der Waals surface area (Å²) in [5.74, 6) is 1.05. The van der Waals surface area contributed by atoms with E-state index < -0.39 is 6.10 Å². The number of rotatable bonds is 9. The van der Waals surface area contributed by atoms with Gasteiger partial charge in [0.1, 0.15) is 5.82 Å². The summed E-state index contributed by atoms with van der Waals surface area (Å²) in [5, 5.41) is 10.2. The second-order valence-electron chi connectivity index (χ2n) is 5.46. The molecule has 1 atom stereocenters. The zero-order chi connectivity index (χ0) is 15.1. The van der Waals surface area contributed by atoms with Crippen molar-refractivity contribution in [2.24, 2.45) is 0 Å². The number of imidazole rings is 1. The number of hydrogen-bond donors (Lipinski definition) is 1. The van der Waals surface area contributed by atoms with Crippen molar-refractivity contribution in [3.63, 3.8) is 0 Å². The molecule has 0 aliphatic rings. The van der Waals surface area contributed by atoms with Crippen LogP contribution in [0.1, 0.15) is 38.9 Å². The Morgan fingerprint density at radius 2 is 2.05 bits per heavy atom. The van der Waals surface area contributed by atoms with Gasteiger partial charge in [-0.2, -0.15) is 0 Å². The fourth-order valence-corrected chi connectivity index (χ4v) is 2.47. The number of unbranched alkanes of at least 4 members (excludes halogenated alkanes) is 1. The van der Waals surface area contributed by atoms with E-state index >= 15 is 0 Å². The Balaban J connectivity index is 2.06. The largest absolute Gasteiger partial charge is 0.389 e. The molecule has 0 saturated carbocycles. The summed E-state index contributed by atoms with van der Waals surface area (Å²) in [7, 11) is 0. The lowest BCUT2D eigenvalue weighted by molar-refractivity contribution is 0.0273. The van der Waals surface area contributed by atoms with Crippen LogP contribution in [-0.4, -0.2) is 34.0 Å². The second-order valence-corrected chi connectivity index (χ2v) is 5.46. The molecule has 0 fully saturated rings. The Kier molecular flexibility index (Phi) is 6.21. The minimum Gasteiger partial charge on any atom is -0.389 e. The van der Waals surface area contributed by atoms with Gasteiger partial charge in [0, 0.05) is 13.0 Å². The molecule has 2 aromatic rings. The lowest BCUT2D eigenvalue weighted by Gasteiger charge is -2.15. The van der Waals surface area contributed by atoms with Gasteiger partial charge < -0.3 is 14.4 Å². The topological polar surface area (TPSA) is 47.3 Å². The third-order valence-corrected chi connectivity index (χ3v) is 3.55. The molecule has 4 nitrogen and oxygen atoms in total. The van der Waals surface area contributed by atoms with Crippen molar-refractivity contribution in [3.05, 3.63) is 30.1 Å². The van der Waals surface area contributed by atoms with Crippen LogP contribution >= 0.6 is 0 Å². The standard InChI is InChI=1S/C17H26N2O2/c1-3-5-11-21-13-14(20)12-19-16-10-7-6-9-15(16)18-17(19)8-4-2/h6-7,9-10,14,20H,3-5,8,11-13H2,1-2H3. The fourth-order valence-electron chi connectivity index (χ4n) is 2.47. The highest BCUT2D eigenvalue weighted by Crippen LogP contribution is 2.17. The second kappa shape index (κ2) is 8.15. The fraction of sp³-hybridized carbons (Fsp3) is 0.588. The molecule has 0 amide bonds. The Labute approximate surface area is 126 Å². The van der Waals surface area contributed by atoms with E-state index in [1.807, 2.05) is 18.2 Å². The summed E-state index contributed by atoms with van der Waals surface area (Å²) < 4.78 is 7.64. The van der Waals surface area contributed by atoms with E-state index in [2.05, 4.69) is 29.5 Å². The van der Waals surface area contributed by atoms with E-state index in [0.29, 0.717) is 13.2 Å². The Morgan fingerprint density at radius 3 is 2.81 bits per heavy atom. The monoisotopic (exact) mass is 290 g/mol. The number of aliphatic hydroxyl groups is 1. The van der Waals surface area contributed by atoms with Gasteiger partial charge in [0.25, 0.3) is 0 Å². The molecule has 1 unspecified atom stereocenters. The van der Waals surface area contributed by atoms with Gasteiger partial charge in [0.2, 0.25) is 0 Å². The molecule has 0 aliphatic heterocycles. The maximum atomic E-state index is 10.2. The van der Waals surface area contributed by atoms with E-state index in [1.54, 1.807) is 0 Å². The highest BCUT2D eigenvalue weighted by atomic mass is 16.5. The lowest BCUT2D eigenvalue weighted by Crippen LogP contribution is -2.23. The summed E-state index contributed by atoms with van der Waals surface area (Å²) in [4.78, 5) is 4.68. The number of para-hydroxylation sites is 2. The van der Waals surface area contributed by atoms with Gasteiger partial charge >= 0.3 is 0 Å². The van der Waals surface area contributed by atoms with Crippen LogP contribution in [-0.2, 0) is 17.7 Å². The van der Waals surface area contributed by atoms with Crippen molar-refractivity contribution in [3.8, 4) is 0 Å². The highest BCUT2D eigenvalue weighted by Gasteiger charge is 2.13.